The van der Waals surface area contributed by atoms with E-state index in [9.17, 15) is 4.79 Å². The minimum absolute atomic E-state index is 0.0793. The lowest BCUT2D eigenvalue weighted by molar-refractivity contribution is 0.0716. The van der Waals surface area contributed by atoms with Crippen LogP contribution in [-0.2, 0) is 4.74 Å². The van der Waals surface area contributed by atoms with Crippen LogP contribution in [0.15, 0.2) is 0 Å². The van der Waals surface area contributed by atoms with Crippen molar-refractivity contribution in [1.82, 2.24) is 4.90 Å². The number of ether oxygens (including phenoxy) is 1. The smallest absolute Gasteiger partial charge is 0.410 e. The number of nitrogens with zero attached hydrogens (tertiary/aromatic N) is 1. The molecule has 0 spiro atoms. The second-order valence-corrected chi connectivity index (χ2v) is 3.98. The zero-order valence-electron chi connectivity index (χ0n) is 8.00. The second kappa shape index (κ2) is 3.99. The maximum Gasteiger partial charge on any atom is 0.410 e. The summed E-state index contributed by atoms with van der Waals surface area (Å²) in [6.07, 6.45) is 6.99. The van der Waals surface area contributed by atoms with Crippen LogP contribution in [0.2, 0.25) is 0 Å². The van der Waals surface area contributed by atoms with Gasteiger partial charge in [-0.05, 0) is 38.5 Å². The minimum Gasteiger partial charge on any atom is -0.446 e. The van der Waals surface area contributed by atoms with Crippen LogP contribution in [0.1, 0.15) is 38.5 Å². The van der Waals surface area contributed by atoms with E-state index in [1.165, 1.54) is 12.8 Å². The zero-order valence-corrected chi connectivity index (χ0v) is 8.00. The molecule has 0 aromatic rings. The van der Waals surface area contributed by atoms with Gasteiger partial charge in [0.2, 0.25) is 0 Å². The van der Waals surface area contributed by atoms with Crippen molar-refractivity contribution in [2.45, 2.75) is 44.6 Å². The molecule has 1 saturated carbocycles. The molecule has 2 fully saturated rings. The van der Waals surface area contributed by atoms with Gasteiger partial charge in [-0.25, -0.2) is 4.79 Å². The molecule has 0 bridgehead atoms. The highest BCUT2D eigenvalue weighted by Gasteiger charge is 2.24. The van der Waals surface area contributed by atoms with Gasteiger partial charge < -0.3 is 9.64 Å². The van der Waals surface area contributed by atoms with Gasteiger partial charge in [0.1, 0.15) is 6.10 Å². The first-order chi connectivity index (χ1) is 6.36. The summed E-state index contributed by atoms with van der Waals surface area (Å²) in [4.78, 5) is 13.3. The molecule has 0 radical (unpaired) electrons. The average molecular weight is 183 g/mol. The molecule has 0 atom stereocenters. The molecule has 2 rings (SSSR count). The Hall–Kier alpha value is -0.730. The van der Waals surface area contributed by atoms with Crippen LogP contribution in [-0.4, -0.2) is 30.2 Å². The van der Waals surface area contributed by atoms with Gasteiger partial charge in [0.15, 0.2) is 0 Å². The fourth-order valence-electron chi connectivity index (χ4n) is 2.12. The number of likely N-dealkylation sites (tertiary alicyclic amines) is 1. The zero-order chi connectivity index (χ0) is 9.10. The third-order valence-electron chi connectivity index (χ3n) is 2.93. The lowest BCUT2D eigenvalue weighted by Crippen LogP contribution is -2.31. The fourth-order valence-corrected chi connectivity index (χ4v) is 2.12. The van der Waals surface area contributed by atoms with Crippen molar-refractivity contribution in [3.63, 3.8) is 0 Å². The molecule has 74 valence electrons. The number of hydrogen-bond acceptors (Lipinski definition) is 2. The van der Waals surface area contributed by atoms with E-state index in [0.29, 0.717) is 0 Å². The van der Waals surface area contributed by atoms with Crippen molar-refractivity contribution in [2.75, 3.05) is 13.1 Å². The Morgan fingerprint density at radius 3 is 2.31 bits per heavy atom. The van der Waals surface area contributed by atoms with Crippen molar-refractivity contribution in [2.24, 2.45) is 0 Å². The molecular weight excluding hydrogens is 166 g/mol. The highest BCUT2D eigenvalue weighted by atomic mass is 16.6. The van der Waals surface area contributed by atoms with Crippen molar-refractivity contribution in [3.8, 4) is 0 Å². The monoisotopic (exact) mass is 183 g/mol. The van der Waals surface area contributed by atoms with Crippen LogP contribution in [0.3, 0.4) is 0 Å². The summed E-state index contributed by atoms with van der Waals surface area (Å²) in [5.41, 5.74) is 0. The van der Waals surface area contributed by atoms with Gasteiger partial charge in [-0.1, -0.05) is 0 Å². The van der Waals surface area contributed by atoms with Crippen molar-refractivity contribution in [1.29, 1.82) is 0 Å². The van der Waals surface area contributed by atoms with Gasteiger partial charge in [0.05, 0.1) is 0 Å². The normalized spacial score (nSPS) is 23.8. The highest BCUT2D eigenvalue weighted by Crippen LogP contribution is 2.22. The standard InChI is InChI=1S/C10H17NO2/c12-10(11-7-3-4-8-11)13-9-5-1-2-6-9/h9H,1-8H2. The summed E-state index contributed by atoms with van der Waals surface area (Å²) >= 11 is 0. The summed E-state index contributed by atoms with van der Waals surface area (Å²) in [6, 6.07) is 0. The Labute approximate surface area is 79.0 Å². The van der Waals surface area contributed by atoms with E-state index < -0.39 is 0 Å². The topological polar surface area (TPSA) is 29.5 Å². The van der Waals surface area contributed by atoms with Crippen molar-refractivity contribution >= 4 is 6.09 Å². The molecule has 3 nitrogen and oxygen atoms in total. The summed E-state index contributed by atoms with van der Waals surface area (Å²) < 4.78 is 5.38. The largest absolute Gasteiger partial charge is 0.446 e. The van der Waals surface area contributed by atoms with Gasteiger partial charge in [0.25, 0.3) is 0 Å². The Morgan fingerprint density at radius 2 is 1.69 bits per heavy atom. The van der Waals surface area contributed by atoms with Crippen molar-refractivity contribution in [3.05, 3.63) is 0 Å². The molecule has 1 aliphatic carbocycles. The molecule has 1 aliphatic heterocycles. The molecule has 3 heteroatoms. The van der Waals surface area contributed by atoms with Crippen LogP contribution in [0.4, 0.5) is 4.79 Å². The highest BCUT2D eigenvalue weighted by molar-refractivity contribution is 5.68. The molecule has 0 unspecified atom stereocenters. The molecule has 1 heterocycles. The number of carbonyl (C=O) groups excluding carboxylic acids is 1. The lowest BCUT2D eigenvalue weighted by atomic mass is 10.3. The first kappa shape index (κ1) is 8.85. The molecule has 2 aliphatic rings. The van der Waals surface area contributed by atoms with Crippen molar-refractivity contribution < 1.29 is 9.53 Å². The number of hydrogen-bond donors (Lipinski definition) is 0. The average Bonchev–Trinajstić information content (AvgIpc) is 2.74. The van der Waals surface area contributed by atoms with E-state index in [-0.39, 0.29) is 12.2 Å². The maximum atomic E-state index is 11.5. The van der Waals surface area contributed by atoms with Gasteiger partial charge in [0, 0.05) is 13.1 Å². The van der Waals surface area contributed by atoms with E-state index in [1.54, 1.807) is 0 Å². The van der Waals surface area contributed by atoms with Crippen LogP contribution in [0, 0.1) is 0 Å². The minimum atomic E-state index is -0.0793. The molecule has 0 aromatic carbocycles. The second-order valence-electron chi connectivity index (χ2n) is 3.98. The Kier molecular flexibility index (Phi) is 2.71. The maximum absolute atomic E-state index is 11.5. The van der Waals surface area contributed by atoms with Gasteiger partial charge in [-0.3, -0.25) is 0 Å². The Balaban J connectivity index is 1.76. The molecule has 1 saturated heterocycles. The Morgan fingerprint density at radius 1 is 1.08 bits per heavy atom. The van der Waals surface area contributed by atoms with E-state index in [1.807, 2.05) is 4.90 Å². The van der Waals surface area contributed by atoms with Crippen LogP contribution in [0.25, 0.3) is 0 Å². The molecule has 13 heavy (non-hydrogen) atoms. The summed E-state index contributed by atoms with van der Waals surface area (Å²) in [5.74, 6) is 0. The third-order valence-corrected chi connectivity index (χ3v) is 2.93. The van der Waals surface area contributed by atoms with E-state index in [2.05, 4.69) is 0 Å². The predicted molar refractivity (Wildman–Crippen MR) is 49.5 cm³/mol. The lowest BCUT2D eigenvalue weighted by Gasteiger charge is -2.18. The fraction of sp³-hybridized carbons (Fsp3) is 0.900. The van der Waals surface area contributed by atoms with Crippen LogP contribution in [0.5, 0.6) is 0 Å². The van der Waals surface area contributed by atoms with Crippen LogP contribution >= 0.6 is 0 Å². The third kappa shape index (κ3) is 2.14. The molecule has 0 N–H and O–H groups in total. The van der Waals surface area contributed by atoms with Gasteiger partial charge in [-0.2, -0.15) is 0 Å². The SMILES string of the molecule is O=C(OC1CCCC1)N1CCCC1. The predicted octanol–water partition coefficient (Wildman–Crippen LogP) is 2.16. The number of rotatable bonds is 1. The van der Waals surface area contributed by atoms with Gasteiger partial charge in [-0.15, -0.1) is 0 Å². The van der Waals surface area contributed by atoms with Crippen LogP contribution < -0.4 is 0 Å². The summed E-state index contributed by atoms with van der Waals surface area (Å²) in [5, 5.41) is 0. The Bertz CT molecular complexity index is 181. The number of amides is 1. The molecule has 1 amide bonds. The first-order valence-electron chi connectivity index (χ1n) is 5.32. The van der Waals surface area contributed by atoms with Gasteiger partial charge >= 0.3 is 6.09 Å². The summed E-state index contributed by atoms with van der Waals surface area (Å²) in [6.45, 7) is 1.79. The quantitative estimate of drug-likeness (QED) is 0.623. The van der Waals surface area contributed by atoms with E-state index >= 15 is 0 Å². The molecule has 0 aromatic heterocycles. The molecular formula is C10H17NO2. The van der Waals surface area contributed by atoms with E-state index in [4.69, 9.17) is 4.74 Å². The first-order valence-corrected chi connectivity index (χ1v) is 5.32. The summed E-state index contributed by atoms with van der Waals surface area (Å²) in [7, 11) is 0. The number of carbonyl (C=O) groups is 1. The van der Waals surface area contributed by atoms with E-state index in [0.717, 1.165) is 38.8 Å².